The molecule has 0 spiro atoms. The molecule has 1 aromatic rings. The molecule has 19 heavy (non-hydrogen) atoms. The minimum atomic E-state index is -3.48. The molecule has 0 radical (unpaired) electrons. The largest absolute Gasteiger partial charge is 0.399 e. The Morgan fingerprint density at radius 1 is 1.37 bits per heavy atom. The molecule has 5 nitrogen and oxygen atoms in total. The molecule has 2 rings (SSSR count). The van der Waals surface area contributed by atoms with Crippen molar-refractivity contribution in [3.63, 3.8) is 0 Å². The van der Waals surface area contributed by atoms with Crippen LogP contribution in [0, 0.1) is 0 Å². The molecule has 0 amide bonds. The van der Waals surface area contributed by atoms with E-state index < -0.39 is 10.0 Å². The number of nitrogens with zero attached hydrogens (tertiary/aromatic N) is 1. The van der Waals surface area contributed by atoms with E-state index in [4.69, 9.17) is 5.73 Å². The molecule has 0 bridgehead atoms. The van der Waals surface area contributed by atoms with Crippen LogP contribution in [0.2, 0.25) is 0 Å². The summed E-state index contributed by atoms with van der Waals surface area (Å²) in [4.78, 5) is 2.51. The molecule has 106 valence electrons. The van der Waals surface area contributed by atoms with Gasteiger partial charge >= 0.3 is 0 Å². The van der Waals surface area contributed by atoms with Gasteiger partial charge in [-0.05, 0) is 51.1 Å². The van der Waals surface area contributed by atoms with Crippen molar-refractivity contribution in [1.82, 2.24) is 9.62 Å². The Balaban J connectivity index is 2.00. The van der Waals surface area contributed by atoms with Crippen LogP contribution in [-0.4, -0.2) is 39.0 Å². The normalized spacial score (nSPS) is 18.6. The van der Waals surface area contributed by atoms with Gasteiger partial charge < -0.3 is 10.6 Å². The fourth-order valence-electron chi connectivity index (χ4n) is 2.40. The van der Waals surface area contributed by atoms with Crippen LogP contribution in [0.15, 0.2) is 29.2 Å². The minimum absolute atomic E-state index is 0.107. The van der Waals surface area contributed by atoms with Crippen molar-refractivity contribution < 1.29 is 8.42 Å². The molecular weight excluding hydrogens is 262 g/mol. The van der Waals surface area contributed by atoms with Gasteiger partial charge in [-0.25, -0.2) is 13.1 Å². The zero-order chi connectivity index (χ0) is 13.9. The van der Waals surface area contributed by atoms with Crippen LogP contribution in [0.3, 0.4) is 0 Å². The van der Waals surface area contributed by atoms with Gasteiger partial charge in [0.15, 0.2) is 0 Å². The van der Waals surface area contributed by atoms with E-state index in [1.165, 1.54) is 18.9 Å². The summed E-state index contributed by atoms with van der Waals surface area (Å²) in [5.74, 6) is 0. The molecule has 1 fully saturated rings. The number of nitrogen functional groups attached to an aromatic ring is 1. The second-order valence-electron chi connectivity index (χ2n) is 5.10. The molecule has 6 heteroatoms. The van der Waals surface area contributed by atoms with Gasteiger partial charge in [-0.3, -0.25) is 0 Å². The highest BCUT2D eigenvalue weighted by atomic mass is 32.2. The van der Waals surface area contributed by atoms with Gasteiger partial charge in [0, 0.05) is 18.3 Å². The van der Waals surface area contributed by atoms with E-state index in [-0.39, 0.29) is 10.9 Å². The molecular formula is C13H21N3O2S. The average molecular weight is 283 g/mol. The average Bonchev–Trinajstić information content (AvgIpc) is 2.81. The molecule has 1 atom stereocenters. The number of anilines is 1. The maximum Gasteiger partial charge on any atom is 0.240 e. The Hall–Kier alpha value is -1.11. The van der Waals surface area contributed by atoms with Gasteiger partial charge in [0.1, 0.15) is 0 Å². The SMILES string of the molecule is CC(CN1CCCC1)NS(=O)(=O)c1cccc(N)c1. The smallest absolute Gasteiger partial charge is 0.240 e. The summed E-state index contributed by atoms with van der Waals surface area (Å²) in [6.45, 7) is 4.76. The van der Waals surface area contributed by atoms with Gasteiger partial charge in [-0.15, -0.1) is 0 Å². The van der Waals surface area contributed by atoms with Crippen LogP contribution in [0.25, 0.3) is 0 Å². The van der Waals surface area contributed by atoms with E-state index >= 15 is 0 Å². The molecule has 3 N–H and O–H groups in total. The van der Waals surface area contributed by atoms with E-state index in [9.17, 15) is 8.42 Å². The fraction of sp³-hybridized carbons (Fsp3) is 0.538. The van der Waals surface area contributed by atoms with Crippen molar-refractivity contribution >= 4 is 15.7 Å². The minimum Gasteiger partial charge on any atom is -0.399 e. The summed E-state index contributed by atoms with van der Waals surface area (Å²) in [7, 11) is -3.48. The number of hydrogen-bond acceptors (Lipinski definition) is 4. The van der Waals surface area contributed by atoms with Crippen molar-refractivity contribution in [2.45, 2.75) is 30.7 Å². The number of rotatable bonds is 5. The van der Waals surface area contributed by atoms with Crippen LogP contribution >= 0.6 is 0 Å². The van der Waals surface area contributed by atoms with E-state index in [2.05, 4.69) is 9.62 Å². The number of hydrogen-bond donors (Lipinski definition) is 2. The van der Waals surface area contributed by atoms with Crippen molar-refractivity contribution in [1.29, 1.82) is 0 Å². The van der Waals surface area contributed by atoms with Gasteiger partial charge in [-0.2, -0.15) is 0 Å². The molecule has 1 heterocycles. The molecule has 1 unspecified atom stereocenters. The number of likely N-dealkylation sites (tertiary alicyclic amines) is 1. The monoisotopic (exact) mass is 283 g/mol. The lowest BCUT2D eigenvalue weighted by Gasteiger charge is -2.21. The fourth-order valence-corrected chi connectivity index (χ4v) is 3.69. The molecule has 1 aliphatic heterocycles. The third-order valence-electron chi connectivity index (χ3n) is 3.26. The summed E-state index contributed by atoms with van der Waals surface area (Å²) in [5.41, 5.74) is 6.07. The first-order valence-corrected chi connectivity index (χ1v) is 8.06. The second-order valence-corrected chi connectivity index (χ2v) is 6.82. The highest BCUT2D eigenvalue weighted by molar-refractivity contribution is 7.89. The topological polar surface area (TPSA) is 75.4 Å². The van der Waals surface area contributed by atoms with E-state index in [0.29, 0.717) is 5.69 Å². The predicted octanol–water partition coefficient (Wildman–Crippen LogP) is 1.03. The van der Waals surface area contributed by atoms with Crippen LogP contribution < -0.4 is 10.5 Å². The van der Waals surface area contributed by atoms with Crippen LogP contribution in [-0.2, 0) is 10.0 Å². The Kier molecular flexibility index (Phi) is 4.44. The lowest BCUT2D eigenvalue weighted by atomic mass is 10.3. The van der Waals surface area contributed by atoms with Gasteiger partial charge in [0.2, 0.25) is 10.0 Å². The maximum absolute atomic E-state index is 12.2. The van der Waals surface area contributed by atoms with E-state index in [1.807, 2.05) is 6.92 Å². The molecule has 1 aliphatic rings. The number of nitrogens with two attached hydrogens (primary N) is 1. The second kappa shape index (κ2) is 5.90. The summed E-state index contributed by atoms with van der Waals surface area (Å²) < 4.78 is 27.1. The summed E-state index contributed by atoms with van der Waals surface area (Å²) in [6.07, 6.45) is 2.41. The Bertz CT molecular complexity index is 524. The number of sulfonamides is 1. The Morgan fingerprint density at radius 3 is 2.68 bits per heavy atom. The highest BCUT2D eigenvalue weighted by Crippen LogP contribution is 2.14. The van der Waals surface area contributed by atoms with E-state index in [1.54, 1.807) is 18.2 Å². The molecule has 0 aliphatic carbocycles. The van der Waals surface area contributed by atoms with Crippen molar-refractivity contribution in [2.24, 2.45) is 0 Å². The zero-order valence-electron chi connectivity index (χ0n) is 11.2. The van der Waals surface area contributed by atoms with Crippen molar-refractivity contribution in [3.8, 4) is 0 Å². The van der Waals surface area contributed by atoms with E-state index in [0.717, 1.165) is 19.6 Å². The lowest BCUT2D eigenvalue weighted by Crippen LogP contribution is -2.41. The first kappa shape index (κ1) is 14.3. The van der Waals surface area contributed by atoms with Gasteiger partial charge in [0.25, 0.3) is 0 Å². The number of benzene rings is 1. The standard InChI is InChI=1S/C13H21N3O2S/c1-11(10-16-7-2-3-8-16)15-19(17,18)13-6-4-5-12(14)9-13/h4-6,9,11,15H,2-3,7-8,10,14H2,1H3. The van der Waals surface area contributed by atoms with Crippen LogP contribution in [0.1, 0.15) is 19.8 Å². The Labute approximate surface area is 114 Å². The predicted molar refractivity (Wildman–Crippen MR) is 76.3 cm³/mol. The zero-order valence-corrected chi connectivity index (χ0v) is 12.0. The summed E-state index contributed by atoms with van der Waals surface area (Å²) in [5, 5.41) is 0. The quantitative estimate of drug-likeness (QED) is 0.792. The van der Waals surface area contributed by atoms with Gasteiger partial charge in [0.05, 0.1) is 4.90 Å². The number of nitrogens with one attached hydrogen (secondary N) is 1. The van der Waals surface area contributed by atoms with Crippen LogP contribution in [0.4, 0.5) is 5.69 Å². The lowest BCUT2D eigenvalue weighted by molar-refractivity contribution is 0.313. The third kappa shape index (κ3) is 3.92. The third-order valence-corrected chi connectivity index (χ3v) is 4.84. The van der Waals surface area contributed by atoms with Crippen molar-refractivity contribution in [3.05, 3.63) is 24.3 Å². The Morgan fingerprint density at radius 2 is 2.05 bits per heavy atom. The summed E-state index contributed by atoms with van der Waals surface area (Å²) in [6, 6.07) is 6.25. The maximum atomic E-state index is 12.2. The van der Waals surface area contributed by atoms with Gasteiger partial charge in [-0.1, -0.05) is 6.07 Å². The summed E-state index contributed by atoms with van der Waals surface area (Å²) >= 11 is 0. The molecule has 0 saturated carbocycles. The molecule has 1 saturated heterocycles. The van der Waals surface area contributed by atoms with Crippen molar-refractivity contribution in [2.75, 3.05) is 25.4 Å². The molecule has 0 aromatic heterocycles. The molecule has 1 aromatic carbocycles. The van der Waals surface area contributed by atoms with Crippen LogP contribution in [0.5, 0.6) is 0 Å². The first-order chi connectivity index (χ1) is 8.97. The highest BCUT2D eigenvalue weighted by Gasteiger charge is 2.20. The first-order valence-electron chi connectivity index (χ1n) is 6.57.